The summed E-state index contributed by atoms with van der Waals surface area (Å²) < 4.78 is 12.6. The Hall–Kier alpha value is -3.28. The maximum absolute atomic E-state index is 12.9. The number of hydrogen-bond donors (Lipinski definition) is 0. The summed E-state index contributed by atoms with van der Waals surface area (Å²) in [5, 5.41) is 0. The molecule has 0 bridgehead atoms. The fourth-order valence-corrected chi connectivity index (χ4v) is 4.18. The van der Waals surface area contributed by atoms with Gasteiger partial charge in [-0.1, -0.05) is 72.8 Å². The van der Waals surface area contributed by atoms with Crippen molar-refractivity contribution >= 4 is 11.8 Å². The van der Waals surface area contributed by atoms with Gasteiger partial charge in [-0.25, -0.2) is 0 Å². The standard InChI is InChI=1S/C25H21NO4/c1-16(26-23(27)19-14-8-9-15-20(19)24(26)28)25-29-21(17-10-4-2-5-11-17)22(30-25)18-12-6-3-7-13-18/h2-16,21-22,25H,1H3/t16-,21-,22-/m0/s1. The number of imide groups is 1. The zero-order chi connectivity index (χ0) is 20.7. The molecule has 1 saturated heterocycles. The van der Waals surface area contributed by atoms with Crippen LogP contribution in [0.5, 0.6) is 0 Å². The van der Waals surface area contributed by atoms with Gasteiger partial charge in [-0.3, -0.25) is 14.5 Å². The van der Waals surface area contributed by atoms with E-state index in [0.29, 0.717) is 11.1 Å². The molecule has 2 aliphatic rings. The van der Waals surface area contributed by atoms with Crippen molar-refractivity contribution in [3.63, 3.8) is 0 Å². The van der Waals surface area contributed by atoms with Gasteiger partial charge in [0.1, 0.15) is 12.2 Å². The molecule has 0 aliphatic carbocycles. The van der Waals surface area contributed by atoms with E-state index in [1.807, 2.05) is 60.7 Å². The van der Waals surface area contributed by atoms with Crippen LogP contribution in [0, 0.1) is 0 Å². The van der Waals surface area contributed by atoms with Gasteiger partial charge in [-0.05, 0) is 30.2 Å². The number of amides is 2. The lowest BCUT2D eigenvalue weighted by molar-refractivity contribution is -0.101. The lowest BCUT2D eigenvalue weighted by Crippen LogP contribution is -2.45. The zero-order valence-corrected chi connectivity index (χ0v) is 16.5. The predicted molar refractivity (Wildman–Crippen MR) is 111 cm³/mol. The molecule has 5 nitrogen and oxygen atoms in total. The monoisotopic (exact) mass is 399 g/mol. The van der Waals surface area contributed by atoms with E-state index >= 15 is 0 Å². The van der Waals surface area contributed by atoms with Gasteiger partial charge in [0.15, 0.2) is 6.29 Å². The summed E-state index contributed by atoms with van der Waals surface area (Å²) in [5.41, 5.74) is 2.82. The molecule has 5 rings (SSSR count). The lowest BCUT2D eigenvalue weighted by Gasteiger charge is -2.26. The van der Waals surface area contributed by atoms with Crippen molar-refractivity contribution in [1.29, 1.82) is 0 Å². The molecule has 2 heterocycles. The molecule has 2 aliphatic heterocycles. The highest BCUT2D eigenvalue weighted by Crippen LogP contribution is 2.44. The average molecular weight is 399 g/mol. The number of carbonyl (C=O) groups excluding carboxylic acids is 2. The Kier molecular flexibility index (Phi) is 4.69. The molecule has 30 heavy (non-hydrogen) atoms. The minimum absolute atomic E-state index is 0.310. The highest BCUT2D eigenvalue weighted by atomic mass is 16.7. The van der Waals surface area contributed by atoms with Gasteiger partial charge in [-0.15, -0.1) is 0 Å². The van der Waals surface area contributed by atoms with Crippen LogP contribution in [0.2, 0.25) is 0 Å². The lowest BCUT2D eigenvalue weighted by atomic mass is 9.99. The largest absolute Gasteiger partial charge is 0.339 e. The van der Waals surface area contributed by atoms with E-state index < -0.39 is 12.3 Å². The van der Waals surface area contributed by atoms with Crippen LogP contribution in [0.4, 0.5) is 0 Å². The fraction of sp³-hybridized carbons (Fsp3) is 0.200. The first-order chi connectivity index (χ1) is 14.6. The third-order valence-electron chi connectivity index (χ3n) is 5.72. The Labute approximate surface area is 174 Å². The Balaban J connectivity index is 1.46. The van der Waals surface area contributed by atoms with Crippen molar-refractivity contribution in [1.82, 2.24) is 4.90 Å². The smallest absolute Gasteiger partial charge is 0.261 e. The van der Waals surface area contributed by atoms with Crippen molar-refractivity contribution in [2.45, 2.75) is 31.5 Å². The van der Waals surface area contributed by atoms with E-state index in [0.717, 1.165) is 11.1 Å². The van der Waals surface area contributed by atoms with Crippen molar-refractivity contribution < 1.29 is 19.1 Å². The normalized spacial score (nSPS) is 22.4. The molecule has 1 fully saturated rings. The first kappa shape index (κ1) is 18.7. The molecule has 3 aromatic carbocycles. The number of hydrogen-bond acceptors (Lipinski definition) is 4. The van der Waals surface area contributed by atoms with Crippen LogP contribution in [-0.4, -0.2) is 29.0 Å². The van der Waals surface area contributed by atoms with Gasteiger partial charge in [-0.2, -0.15) is 0 Å². The molecule has 0 radical (unpaired) electrons. The molecule has 0 spiro atoms. The second-order valence-corrected chi connectivity index (χ2v) is 7.57. The summed E-state index contributed by atoms with van der Waals surface area (Å²) in [5.74, 6) is -0.621. The second kappa shape index (κ2) is 7.52. The minimum Gasteiger partial charge on any atom is -0.339 e. The van der Waals surface area contributed by atoms with E-state index in [9.17, 15) is 9.59 Å². The number of carbonyl (C=O) groups is 2. The summed E-state index contributed by atoms with van der Waals surface area (Å²) in [7, 11) is 0. The van der Waals surface area contributed by atoms with Gasteiger partial charge < -0.3 is 9.47 Å². The Bertz CT molecular complexity index is 1000. The van der Waals surface area contributed by atoms with Gasteiger partial charge >= 0.3 is 0 Å². The molecule has 150 valence electrons. The molecular weight excluding hydrogens is 378 g/mol. The molecule has 2 amide bonds. The Morgan fingerprint density at radius 2 is 1.07 bits per heavy atom. The van der Waals surface area contributed by atoms with E-state index in [2.05, 4.69) is 0 Å². The van der Waals surface area contributed by atoms with Crippen LogP contribution in [0.3, 0.4) is 0 Å². The maximum atomic E-state index is 12.9. The van der Waals surface area contributed by atoms with Crippen LogP contribution in [0.25, 0.3) is 0 Å². The molecule has 3 atom stereocenters. The van der Waals surface area contributed by atoms with Gasteiger partial charge in [0.25, 0.3) is 11.8 Å². The first-order valence-corrected chi connectivity index (χ1v) is 10.0. The van der Waals surface area contributed by atoms with Gasteiger partial charge in [0.2, 0.25) is 0 Å². The van der Waals surface area contributed by atoms with Gasteiger partial charge in [0.05, 0.1) is 17.2 Å². The van der Waals surface area contributed by atoms with E-state index in [1.165, 1.54) is 4.90 Å². The number of rotatable bonds is 4. The highest BCUT2D eigenvalue weighted by molar-refractivity contribution is 6.21. The second-order valence-electron chi connectivity index (χ2n) is 7.57. The summed E-state index contributed by atoms with van der Waals surface area (Å²) in [4.78, 5) is 27.1. The quantitative estimate of drug-likeness (QED) is 0.605. The van der Waals surface area contributed by atoms with E-state index in [1.54, 1.807) is 31.2 Å². The number of fused-ring (bicyclic) bond motifs is 1. The van der Waals surface area contributed by atoms with Crippen molar-refractivity contribution in [2.75, 3.05) is 0 Å². The van der Waals surface area contributed by atoms with Crippen LogP contribution < -0.4 is 0 Å². The third kappa shape index (κ3) is 3.03. The van der Waals surface area contributed by atoms with Crippen molar-refractivity contribution in [2.24, 2.45) is 0 Å². The van der Waals surface area contributed by atoms with Crippen LogP contribution in [-0.2, 0) is 9.47 Å². The summed E-state index contributed by atoms with van der Waals surface area (Å²) in [6, 6.07) is 26.1. The van der Waals surface area contributed by atoms with Crippen molar-refractivity contribution in [3.8, 4) is 0 Å². The Morgan fingerprint density at radius 3 is 1.50 bits per heavy atom. The minimum atomic E-state index is -0.734. The molecule has 0 aromatic heterocycles. The molecular formula is C25H21NO4. The highest BCUT2D eigenvalue weighted by Gasteiger charge is 2.47. The first-order valence-electron chi connectivity index (χ1n) is 10.0. The summed E-state index contributed by atoms with van der Waals surface area (Å²) >= 11 is 0. The molecule has 0 saturated carbocycles. The van der Waals surface area contributed by atoms with Crippen molar-refractivity contribution in [3.05, 3.63) is 107 Å². The average Bonchev–Trinajstić information content (AvgIpc) is 3.35. The third-order valence-corrected chi connectivity index (χ3v) is 5.72. The van der Waals surface area contributed by atoms with E-state index in [4.69, 9.17) is 9.47 Å². The molecule has 0 N–H and O–H groups in total. The zero-order valence-electron chi connectivity index (χ0n) is 16.5. The van der Waals surface area contributed by atoms with E-state index in [-0.39, 0.29) is 24.0 Å². The van der Waals surface area contributed by atoms with Crippen LogP contribution in [0.15, 0.2) is 84.9 Å². The molecule has 0 unspecified atom stereocenters. The number of nitrogens with zero attached hydrogens (tertiary/aromatic N) is 1. The summed E-state index contributed by atoms with van der Waals surface area (Å²) in [6.45, 7) is 1.79. The number of ether oxygens (including phenoxy) is 2. The summed E-state index contributed by atoms with van der Waals surface area (Å²) in [6.07, 6.45) is -1.41. The molecule has 3 aromatic rings. The topological polar surface area (TPSA) is 55.8 Å². The van der Waals surface area contributed by atoms with Gasteiger partial charge in [0, 0.05) is 0 Å². The number of benzene rings is 3. The SMILES string of the molecule is C[C@@H](C1O[C@@H](c2ccccc2)[C@H](c2ccccc2)O1)N1C(=O)c2ccccc2C1=O. The van der Waals surface area contributed by atoms with Crippen LogP contribution >= 0.6 is 0 Å². The Morgan fingerprint density at radius 1 is 0.667 bits per heavy atom. The predicted octanol–water partition coefficient (Wildman–Crippen LogP) is 4.53. The molecule has 5 heteroatoms. The fourth-order valence-electron chi connectivity index (χ4n) is 4.18. The van der Waals surface area contributed by atoms with Crippen LogP contribution in [0.1, 0.15) is 51.0 Å². The maximum Gasteiger partial charge on any atom is 0.261 e.